The van der Waals surface area contributed by atoms with Crippen LogP contribution in [0.15, 0.2) is 35.4 Å². The molecular weight excluding hydrogens is 290 g/mol. The van der Waals surface area contributed by atoms with Crippen molar-refractivity contribution in [2.24, 2.45) is 5.10 Å². The molecule has 1 amide bonds. The predicted molar refractivity (Wildman–Crippen MR) is 92.8 cm³/mol. The summed E-state index contributed by atoms with van der Waals surface area (Å²) in [6.45, 7) is 4.47. The lowest BCUT2D eigenvalue weighted by Crippen LogP contribution is -2.20. The molecule has 122 valence electrons. The van der Waals surface area contributed by atoms with Crippen molar-refractivity contribution in [1.82, 2.24) is 15.2 Å². The third-order valence-corrected chi connectivity index (χ3v) is 3.47. The summed E-state index contributed by atoms with van der Waals surface area (Å²) in [4.78, 5) is 13.8. The van der Waals surface area contributed by atoms with Crippen LogP contribution < -0.4 is 10.3 Å². The molecule has 6 heteroatoms. The summed E-state index contributed by atoms with van der Waals surface area (Å²) in [5.41, 5.74) is 6.62. The van der Waals surface area contributed by atoms with Crippen LogP contribution in [0.3, 0.4) is 0 Å². The number of carbonyl (C=O) groups excluding carboxylic acids is 1. The van der Waals surface area contributed by atoms with Gasteiger partial charge in [0, 0.05) is 31.9 Å². The average molecular weight is 313 g/mol. The van der Waals surface area contributed by atoms with Crippen LogP contribution in [0.2, 0.25) is 0 Å². The Morgan fingerprint density at radius 1 is 1.30 bits per heavy atom. The van der Waals surface area contributed by atoms with Gasteiger partial charge in [-0.2, -0.15) is 10.2 Å². The number of hydrogen-bond acceptors (Lipinski definition) is 4. The summed E-state index contributed by atoms with van der Waals surface area (Å²) < 4.78 is 1.83. The van der Waals surface area contributed by atoms with Gasteiger partial charge in [-0.15, -0.1) is 0 Å². The molecule has 0 fully saturated rings. The Morgan fingerprint density at radius 3 is 2.57 bits per heavy atom. The minimum Gasteiger partial charge on any atom is -0.378 e. The van der Waals surface area contributed by atoms with E-state index in [2.05, 4.69) is 15.6 Å². The van der Waals surface area contributed by atoms with E-state index in [1.807, 2.05) is 67.9 Å². The third kappa shape index (κ3) is 4.95. The summed E-state index contributed by atoms with van der Waals surface area (Å²) in [7, 11) is 3.98. The number of hydrogen-bond donors (Lipinski definition) is 1. The number of amides is 1. The molecule has 0 saturated heterocycles. The van der Waals surface area contributed by atoms with Crippen molar-refractivity contribution >= 4 is 17.8 Å². The maximum absolute atomic E-state index is 11.8. The van der Waals surface area contributed by atoms with E-state index >= 15 is 0 Å². The molecule has 1 aromatic heterocycles. The molecule has 2 rings (SSSR count). The number of aromatic nitrogens is 2. The first kappa shape index (κ1) is 16.7. The van der Waals surface area contributed by atoms with Crippen LogP contribution in [0.4, 0.5) is 5.69 Å². The van der Waals surface area contributed by atoms with Crippen LogP contribution >= 0.6 is 0 Å². The normalized spacial score (nSPS) is 11.0. The summed E-state index contributed by atoms with van der Waals surface area (Å²) in [6.07, 6.45) is 1.99. The van der Waals surface area contributed by atoms with E-state index in [0.29, 0.717) is 13.0 Å². The number of aryl methyl sites for hydroxylation is 3. The first-order valence-corrected chi connectivity index (χ1v) is 7.56. The predicted octanol–water partition coefficient (Wildman–Crippen LogP) is 2.11. The first-order valence-electron chi connectivity index (χ1n) is 7.56. The second kappa shape index (κ2) is 7.58. The quantitative estimate of drug-likeness (QED) is 0.656. The third-order valence-electron chi connectivity index (χ3n) is 3.47. The zero-order valence-electron chi connectivity index (χ0n) is 14.1. The number of carbonyl (C=O) groups is 1. The number of anilines is 1. The van der Waals surface area contributed by atoms with Crippen molar-refractivity contribution in [3.05, 3.63) is 47.3 Å². The maximum Gasteiger partial charge on any atom is 0.241 e. The van der Waals surface area contributed by atoms with Crippen molar-refractivity contribution in [2.45, 2.75) is 26.8 Å². The second-order valence-corrected chi connectivity index (χ2v) is 5.68. The van der Waals surface area contributed by atoms with Gasteiger partial charge in [-0.3, -0.25) is 9.48 Å². The van der Waals surface area contributed by atoms with Crippen LogP contribution in [0.25, 0.3) is 0 Å². The summed E-state index contributed by atoms with van der Waals surface area (Å²) in [5.74, 6) is -0.126. The minimum absolute atomic E-state index is 0.126. The maximum atomic E-state index is 11.8. The molecule has 0 radical (unpaired) electrons. The Kier molecular flexibility index (Phi) is 5.51. The molecule has 0 aliphatic rings. The van der Waals surface area contributed by atoms with Gasteiger partial charge in [0.1, 0.15) is 0 Å². The molecule has 6 nitrogen and oxygen atoms in total. The number of nitrogens with one attached hydrogen (secondary N) is 1. The number of nitrogens with zero attached hydrogens (tertiary/aromatic N) is 4. The van der Waals surface area contributed by atoms with Gasteiger partial charge in [-0.1, -0.05) is 12.1 Å². The van der Waals surface area contributed by atoms with E-state index in [9.17, 15) is 4.79 Å². The molecule has 0 saturated carbocycles. The van der Waals surface area contributed by atoms with Crippen LogP contribution in [-0.2, 0) is 11.3 Å². The summed E-state index contributed by atoms with van der Waals surface area (Å²) in [6, 6.07) is 9.92. The standard InChI is InChI=1S/C17H23N5O/c1-13-11-14(2)22(20-13)10-9-17(23)19-18-12-15-5-7-16(8-6-15)21(3)4/h5-8,11-12H,9-10H2,1-4H3,(H,19,23)/b18-12+. The average Bonchev–Trinajstić information content (AvgIpc) is 2.83. The van der Waals surface area contributed by atoms with Gasteiger partial charge in [0.2, 0.25) is 5.91 Å². The molecule has 0 unspecified atom stereocenters. The highest BCUT2D eigenvalue weighted by atomic mass is 16.2. The van der Waals surface area contributed by atoms with Crippen LogP contribution in [0.5, 0.6) is 0 Å². The highest BCUT2D eigenvalue weighted by Crippen LogP contribution is 2.10. The van der Waals surface area contributed by atoms with Gasteiger partial charge in [-0.25, -0.2) is 5.43 Å². The summed E-state index contributed by atoms with van der Waals surface area (Å²) >= 11 is 0. The highest BCUT2D eigenvalue weighted by Gasteiger charge is 2.04. The second-order valence-electron chi connectivity index (χ2n) is 5.68. The van der Waals surface area contributed by atoms with Crippen molar-refractivity contribution < 1.29 is 4.79 Å². The van der Waals surface area contributed by atoms with E-state index in [-0.39, 0.29) is 5.91 Å². The van der Waals surface area contributed by atoms with Crippen molar-refractivity contribution in [2.75, 3.05) is 19.0 Å². The fourth-order valence-electron chi connectivity index (χ4n) is 2.20. The van der Waals surface area contributed by atoms with Crippen LogP contribution in [-0.4, -0.2) is 36.0 Å². The van der Waals surface area contributed by atoms with E-state index in [1.165, 1.54) is 0 Å². The molecule has 0 bridgehead atoms. The molecule has 1 N–H and O–H groups in total. The van der Waals surface area contributed by atoms with Crippen molar-refractivity contribution in [3.8, 4) is 0 Å². The molecule has 1 aromatic carbocycles. The smallest absolute Gasteiger partial charge is 0.241 e. The van der Waals surface area contributed by atoms with Gasteiger partial charge in [-0.05, 0) is 37.6 Å². The van der Waals surface area contributed by atoms with E-state index in [1.54, 1.807) is 6.21 Å². The molecule has 0 atom stereocenters. The molecule has 1 heterocycles. The van der Waals surface area contributed by atoms with E-state index in [4.69, 9.17) is 0 Å². The molecular formula is C17H23N5O. The molecule has 0 aliphatic carbocycles. The Labute approximate surface area is 136 Å². The SMILES string of the molecule is Cc1cc(C)n(CCC(=O)N/N=C/c2ccc(N(C)C)cc2)n1. The highest BCUT2D eigenvalue weighted by molar-refractivity contribution is 5.82. The van der Waals surface area contributed by atoms with Gasteiger partial charge < -0.3 is 4.90 Å². The summed E-state index contributed by atoms with van der Waals surface area (Å²) in [5, 5.41) is 8.31. The first-order chi connectivity index (χ1) is 11.0. The van der Waals surface area contributed by atoms with Gasteiger partial charge in [0.05, 0.1) is 18.5 Å². The molecule has 23 heavy (non-hydrogen) atoms. The van der Waals surface area contributed by atoms with Gasteiger partial charge >= 0.3 is 0 Å². The molecule has 0 aliphatic heterocycles. The lowest BCUT2D eigenvalue weighted by Gasteiger charge is -2.11. The Bertz CT molecular complexity index is 686. The largest absolute Gasteiger partial charge is 0.378 e. The number of rotatable bonds is 6. The molecule has 0 spiro atoms. The Hall–Kier alpha value is -2.63. The Balaban J connectivity index is 1.80. The lowest BCUT2D eigenvalue weighted by molar-refractivity contribution is -0.121. The van der Waals surface area contributed by atoms with Gasteiger partial charge in [0.15, 0.2) is 0 Å². The van der Waals surface area contributed by atoms with Gasteiger partial charge in [0.25, 0.3) is 0 Å². The fourth-order valence-corrected chi connectivity index (χ4v) is 2.20. The van der Waals surface area contributed by atoms with Crippen LogP contribution in [0, 0.1) is 13.8 Å². The number of hydrazone groups is 1. The number of benzene rings is 1. The van der Waals surface area contributed by atoms with E-state index in [0.717, 1.165) is 22.6 Å². The van der Waals surface area contributed by atoms with Crippen LogP contribution in [0.1, 0.15) is 23.4 Å². The lowest BCUT2D eigenvalue weighted by atomic mass is 10.2. The molecule has 2 aromatic rings. The fraction of sp³-hybridized carbons (Fsp3) is 0.353. The zero-order valence-corrected chi connectivity index (χ0v) is 14.1. The van der Waals surface area contributed by atoms with E-state index < -0.39 is 0 Å². The minimum atomic E-state index is -0.126. The Morgan fingerprint density at radius 2 is 2.00 bits per heavy atom. The zero-order chi connectivity index (χ0) is 16.8. The van der Waals surface area contributed by atoms with Crippen molar-refractivity contribution in [1.29, 1.82) is 0 Å². The van der Waals surface area contributed by atoms with Crippen molar-refractivity contribution in [3.63, 3.8) is 0 Å². The topological polar surface area (TPSA) is 62.5 Å². The monoisotopic (exact) mass is 313 g/mol.